The van der Waals surface area contributed by atoms with E-state index in [1.165, 1.54) is 12.1 Å². The number of halogens is 1. The second kappa shape index (κ2) is 7.15. The topological polar surface area (TPSA) is 47.4 Å². The molecule has 0 N–H and O–H groups in total. The summed E-state index contributed by atoms with van der Waals surface area (Å²) >= 11 is 0. The molecule has 1 aromatic heterocycles. The first kappa shape index (κ1) is 18.1. The highest BCUT2D eigenvalue weighted by Gasteiger charge is 2.30. The Bertz CT molecular complexity index is 1250. The van der Waals surface area contributed by atoms with Crippen LogP contribution in [0.15, 0.2) is 79.0 Å². The molecule has 1 amide bonds. The zero-order valence-electron chi connectivity index (χ0n) is 16.2. The Kier molecular flexibility index (Phi) is 4.32. The monoisotopic (exact) mass is 399 g/mol. The first-order chi connectivity index (χ1) is 14.7. The molecule has 5 rings (SSSR count). The fourth-order valence-electron chi connectivity index (χ4n) is 3.80. The number of amides is 1. The molecule has 0 spiro atoms. The molecular weight excluding hydrogens is 381 g/mol. The number of carbonyl (C=O) groups is 1. The normalized spacial score (nSPS) is 12.3. The predicted octanol–water partition coefficient (Wildman–Crippen LogP) is 4.98. The van der Waals surface area contributed by atoms with Crippen molar-refractivity contribution >= 4 is 11.6 Å². The van der Waals surface area contributed by atoms with E-state index in [2.05, 4.69) is 4.98 Å². The van der Waals surface area contributed by atoms with Crippen molar-refractivity contribution in [2.75, 3.05) is 12.0 Å². The molecule has 2 heterocycles. The van der Waals surface area contributed by atoms with E-state index in [4.69, 9.17) is 4.74 Å². The highest BCUT2D eigenvalue weighted by atomic mass is 19.1. The van der Waals surface area contributed by atoms with Gasteiger partial charge in [-0.15, -0.1) is 0 Å². The summed E-state index contributed by atoms with van der Waals surface area (Å²) in [4.78, 5) is 19.5. The molecule has 30 heavy (non-hydrogen) atoms. The number of imidazole rings is 1. The van der Waals surface area contributed by atoms with Crippen LogP contribution in [0.5, 0.6) is 5.75 Å². The number of benzene rings is 3. The average Bonchev–Trinajstić information content (AvgIpc) is 3.23. The fourth-order valence-corrected chi connectivity index (χ4v) is 3.80. The number of rotatable bonds is 3. The molecule has 6 heteroatoms. The number of ether oxygens (including phenoxy) is 1. The number of hydrogen-bond donors (Lipinski definition) is 0. The number of aromatic nitrogens is 2. The van der Waals surface area contributed by atoms with Crippen molar-refractivity contribution in [3.8, 4) is 28.4 Å². The number of anilines is 1. The van der Waals surface area contributed by atoms with Gasteiger partial charge in [-0.25, -0.2) is 9.37 Å². The number of nitrogens with zero attached hydrogens (tertiary/aromatic N) is 3. The van der Waals surface area contributed by atoms with Crippen molar-refractivity contribution in [1.82, 2.24) is 9.55 Å². The highest BCUT2D eigenvalue weighted by Crippen LogP contribution is 2.39. The van der Waals surface area contributed by atoms with Gasteiger partial charge in [0, 0.05) is 11.1 Å². The molecule has 0 radical (unpaired) electrons. The van der Waals surface area contributed by atoms with E-state index < -0.39 is 5.82 Å². The zero-order chi connectivity index (χ0) is 20.7. The van der Waals surface area contributed by atoms with E-state index in [0.717, 1.165) is 34.1 Å². The first-order valence-corrected chi connectivity index (χ1v) is 9.53. The third-order valence-corrected chi connectivity index (χ3v) is 5.31. The molecule has 4 aromatic rings. The summed E-state index contributed by atoms with van der Waals surface area (Å²) in [6, 6.07) is 21.3. The predicted molar refractivity (Wildman–Crippen MR) is 113 cm³/mol. The van der Waals surface area contributed by atoms with Crippen molar-refractivity contribution in [3.63, 3.8) is 0 Å². The number of hydrogen-bond acceptors (Lipinski definition) is 3. The van der Waals surface area contributed by atoms with Gasteiger partial charge in [0.2, 0.25) is 0 Å². The summed E-state index contributed by atoms with van der Waals surface area (Å²) in [6.07, 6.45) is 1.81. The Hall–Kier alpha value is -3.93. The Morgan fingerprint density at radius 3 is 2.50 bits per heavy atom. The van der Waals surface area contributed by atoms with E-state index in [1.54, 1.807) is 24.1 Å². The maximum absolute atomic E-state index is 14.3. The lowest BCUT2D eigenvalue weighted by atomic mass is 10.1. The first-order valence-electron chi connectivity index (χ1n) is 9.53. The molecule has 0 aliphatic carbocycles. The quantitative estimate of drug-likeness (QED) is 0.488. The Labute approximate surface area is 173 Å². The summed E-state index contributed by atoms with van der Waals surface area (Å²) in [6.45, 7) is 0.237. The van der Waals surface area contributed by atoms with Gasteiger partial charge >= 0.3 is 0 Å². The van der Waals surface area contributed by atoms with Crippen LogP contribution in [0.1, 0.15) is 10.4 Å². The molecule has 0 unspecified atom stereocenters. The average molecular weight is 399 g/mol. The third kappa shape index (κ3) is 2.85. The van der Waals surface area contributed by atoms with Gasteiger partial charge in [0.15, 0.2) is 0 Å². The van der Waals surface area contributed by atoms with Crippen LogP contribution in [0.2, 0.25) is 0 Å². The lowest BCUT2D eigenvalue weighted by Gasteiger charge is -2.31. The fraction of sp³-hybridized carbons (Fsp3) is 0.0833. The Morgan fingerprint density at radius 2 is 1.73 bits per heavy atom. The van der Waals surface area contributed by atoms with Crippen molar-refractivity contribution < 1.29 is 13.9 Å². The molecule has 0 fully saturated rings. The SMILES string of the molecule is COc1ccc(-c2ncc3n2CN(C(=O)c2ccccc2F)c2ccccc2-3)cc1. The summed E-state index contributed by atoms with van der Waals surface area (Å²) in [5.41, 5.74) is 3.47. The molecule has 5 nitrogen and oxygen atoms in total. The largest absolute Gasteiger partial charge is 0.497 e. The van der Waals surface area contributed by atoms with E-state index in [0.29, 0.717) is 0 Å². The van der Waals surface area contributed by atoms with Crippen LogP contribution in [0.25, 0.3) is 22.6 Å². The van der Waals surface area contributed by atoms with E-state index in [1.807, 2.05) is 59.3 Å². The maximum atomic E-state index is 14.3. The summed E-state index contributed by atoms with van der Waals surface area (Å²) in [5, 5.41) is 0. The highest BCUT2D eigenvalue weighted by molar-refractivity contribution is 6.08. The number of methoxy groups -OCH3 is 1. The van der Waals surface area contributed by atoms with Gasteiger partial charge < -0.3 is 9.30 Å². The minimum absolute atomic E-state index is 0.0434. The van der Waals surface area contributed by atoms with Crippen LogP contribution in [0, 0.1) is 5.82 Å². The van der Waals surface area contributed by atoms with Crippen LogP contribution in [-0.2, 0) is 6.67 Å². The molecule has 0 bridgehead atoms. The lowest BCUT2D eigenvalue weighted by molar-refractivity contribution is 0.0975. The van der Waals surface area contributed by atoms with Gasteiger partial charge in [-0.1, -0.05) is 30.3 Å². The van der Waals surface area contributed by atoms with Crippen molar-refractivity contribution in [2.24, 2.45) is 0 Å². The van der Waals surface area contributed by atoms with Crippen molar-refractivity contribution in [2.45, 2.75) is 6.67 Å². The smallest absolute Gasteiger partial charge is 0.262 e. The van der Waals surface area contributed by atoms with Gasteiger partial charge in [0.05, 0.1) is 30.3 Å². The van der Waals surface area contributed by atoms with Gasteiger partial charge in [-0.05, 0) is 42.5 Å². The van der Waals surface area contributed by atoms with E-state index in [-0.39, 0.29) is 18.1 Å². The van der Waals surface area contributed by atoms with Gasteiger partial charge in [-0.3, -0.25) is 9.69 Å². The van der Waals surface area contributed by atoms with Crippen LogP contribution >= 0.6 is 0 Å². The van der Waals surface area contributed by atoms with E-state index in [9.17, 15) is 9.18 Å². The minimum atomic E-state index is -0.535. The molecule has 3 aromatic carbocycles. The molecule has 1 aliphatic rings. The van der Waals surface area contributed by atoms with Crippen LogP contribution in [-0.4, -0.2) is 22.6 Å². The van der Waals surface area contributed by atoms with Crippen LogP contribution < -0.4 is 9.64 Å². The molecular formula is C24H18FN3O2. The molecule has 0 atom stereocenters. The molecule has 148 valence electrons. The standard InChI is InChI=1S/C24H18FN3O2/c1-30-17-12-10-16(11-13-17)23-26-14-22-19-7-3-5-9-21(19)28(15-27(22)23)24(29)18-6-2-4-8-20(18)25/h2-14H,15H2,1H3. The second-order valence-corrected chi connectivity index (χ2v) is 7.00. The third-order valence-electron chi connectivity index (χ3n) is 5.31. The summed E-state index contributed by atoms with van der Waals surface area (Å²) < 4.78 is 21.6. The van der Waals surface area contributed by atoms with Crippen LogP contribution in [0.3, 0.4) is 0 Å². The lowest BCUT2D eigenvalue weighted by Crippen LogP contribution is -2.36. The number of fused-ring (bicyclic) bond motifs is 3. The number of carbonyl (C=O) groups excluding carboxylic acids is 1. The summed E-state index contributed by atoms with van der Waals surface area (Å²) in [5.74, 6) is 0.562. The molecule has 0 saturated heterocycles. The summed E-state index contributed by atoms with van der Waals surface area (Å²) in [7, 11) is 1.62. The Morgan fingerprint density at radius 1 is 1.00 bits per heavy atom. The van der Waals surface area contributed by atoms with Gasteiger partial charge in [-0.2, -0.15) is 0 Å². The number of para-hydroxylation sites is 1. The Balaban J connectivity index is 1.63. The molecule has 0 saturated carbocycles. The van der Waals surface area contributed by atoms with Gasteiger partial charge in [0.25, 0.3) is 5.91 Å². The van der Waals surface area contributed by atoms with Crippen LogP contribution in [0.4, 0.5) is 10.1 Å². The maximum Gasteiger partial charge on any atom is 0.262 e. The van der Waals surface area contributed by atoms with Gasteiger partial charge in [0.1, 0.15) is 24.1 Å². The van der Waals surface area contributed by atoms with Crippen molar-refractivity contribution in [1.29, 1.82) is 0 Å². The second-order valence-electron chi connectivity index (χ2n) is 7.00. The van der Waals surface area contributed by atoms with Crippen molar-refractivity contribution in [3.05, 3.63) is 90.4 Å². The minimum Gasteiger partial charge on any atom is -0.497 e. The molecule has 1 aliphatic heterocycles. The van der Waals surface area contributed by atoms with E-state index >= 15 is 0 Å². The zero-order valence-corrected chi connectivity index (χ0v) is 16.2.